The summed E-state index contributed by atoms with van der Waals surface area (Å²) in [7, 11) is 1.67. The molecule has 0 spiro atoms. The Hall–Kier alpha value is -2.29. The average molecular weight is 297 g/mol. The number of hydrogen-bond donors (Lipinski definition) is 1. The van der Waals surface area contributed by atoms with Crippen LogP contribution in [0.5, 0.6) is 5.75 Å². The Morgan fingerprint density at radius 1 is 1.18 bits per heavy atom. The monoisotopic (exact) mass is 297 g/mol. The van der Waals surface area contributed by atoms with Crippen LogP contribution in [0.15, 0.2) is 48.5 Å². The number of carbonyl (C=O) groups excluding carboxylic acids is 1. The predicted octanol–water partition coefficient (Wildman–Crippen LogP) is 3.81. The molecule has 116 valence electrons. The fraction of sp³-hybridized carbons (Fsp3) is 0.316. The van der Waals surface area contributed by atoms with Gasteiger partial charge in [0.15, 0.2) is 0 Å². The highest BCUT2D eigenvalue weighted by molar-refractivity contribution is 5.76. The molecule has 0 aliphatic carbocycles. The maximum Gasteiger partial charge on any atom is 0.220 e. The largest absolute Gasteiger partial charge is 0.496 e. The van der Waals surface area contributed by atoms with E-state index < -0.39 is 0 Å². The molecule has 0 fully saturated rings. The van der Waals surface area contributed by atoms with Gasteiger partial charge in [-0.3, -0.25) is 4.79 Å². The van der Waals surface area contributed by atoms with E-state index in [1.165, 1.54) is 0 Å². The standard InChI is InChI=1S/C19H23NO2/c1-14-13-16(9-11-18(14)22-3)10-12-19(21)20-15(2)17-7-5-4-6-8-17/h4-9,11,13,15H,10,12H2,1-3H3,(H,20,21)/t15-/m0/s1. The van der Waals surface area contributed by atoms with Crippen molar-refractivity contribution in [2.24, 2.45) is 0 Å². The second-order valence-electron chi connectivity index (χ2n) is 5.50. The first-order valence-electron chi connectivity index (χ1n) is 7.58. The Morgan fingerprint density at radius 2 is 1.91 bits per heavy atom. The summed E-state index contributed by atoms with van der Waals surface area (Å²) in [4.78, 5) is 12.1. The molecule has 2 rings (SSSR count). The first-order chi connectivity index (χ1) is 10.6. The minimum Gasteiger partial charge on any atom is -0.496 e. The van der Waals surface area contributed by atoms with Crippen LogP contribution in [0.1, 0.15) is 36.1 Å². The third-order valence-corrected chi connectivity index (χ3v) is 3.78. The molecule has 0 aliphatic heterocycles. The highest BCUT2D eigenvalue weighted by Crippen LogP contribution is 2.19. The lowest BCUT2D eigenvalue weighted by atomic mass is 10.1. The highest BCUT2D eigenvalue weighted by Gasteiger charge is 2.09. The minimum atomic E-state index is 0.0336. The summed E-state index contributed by atoms with van der Waals surface area (Å²) in [5.74, 6) is 0.954. The lowest BCUT2D eigenvalue weighted by Gasteiger charge is -2.14. The van der Waals surface area contributed by atoms with Gasteiger partial charge in [0.1, 0.15) is 5.75 Å². The van der Waals surface area contributed by atoms with E-state index in [1.807, 2.05) is 56.3 Å². The van der Waals surface area contributed by atoms with Gasteiger partial charge in [0.2, 0.25) is 5.91 Å². The van der Waals surface area contributed by atoms with E-state index in [0.717, 1.165) is 28.9 Å². The first-order valence-corrected chi connectivity index (χ1v) is 7.58. The van der Waals surface area contributed by atoms with Gasteiger partial charge in [-0.25, -0.2) is 0 Å². The molecular weight excluding hydrogens is 274 g/mol. The third kappa shape index (κ3) is 4.35. The van der Waals surface area contributed by atoms with Gasteiger partial charge in [0.25, 0.3) is 0 Å². The summed E-state index contributed by atoms with van der Waals surface area (Å²) in [6.07, 6.45) is 1.22. The molecular formula is C19H23NO2. The molecule has 1 amide bonds. The molecule has 3 nitrogen and oxygen atoms in total. The van der Waals surface area contributed by atoms with Crippen LogP contribution in [0.25, 0.3) is 0 Å². The number of carbonyl (C=O) groups is 1. The molecule has 0 unspecified atom stereocenters. The second kappa shape index (κ2) is 7.64. The number of hydrogen-bond acceptors (Lipinski definition) is 2. The molecule has 0 bridgehead atoms. The van der Waals surface area contributed by atoms with Gasteiger partial charge in [-0.15, -0.1) is 0 Å². The normalized spacial score (nSPS) is 11.8. The van der Waals surface area contributed by atoms with Crippen molar-refractivity contribution in [1.82, 2.24) is 5.32 Å². The number of nitrogens with one attached hydrogen (secondary N) is 1. The zero-order valence-corrected chi connectivity index (χ0v) is 13.4. The lowest BCUT2D eigenvalue weighted by molar-refractivity contribution is -0.121. The van der Waals surface area contributed by atoms with Crippen LogP contribution in [-0.4, -0.2) is 13.0 Å². The molecule has 2 aromatic rings. The van der Waals surface area contributed by atoms with Crippen molar-refractivity contribution in [3.05, 3.63) is 65.2 Å². The van der Waals surface area contributed by atoms with Crippen LogP contribution >= 0.6 is 0 Å². The molecule has 1 N–H and O–H groups in total. The summed E-state index contributed by atoms with van der Waals surface area (Å²) in [6.45, 7) is 4.02. The Bertz CT molecular complexity index is 623. The number of aryl methyl sites for hydroxylation is 2. The first kappa shape index (κ1) is 16.1. The fourth-order valence-electron chi connectivity index (χ4n) is 2.49. The Kier molecular flexibility index (Phi) is 5.59. The van der Waals surface area contributed by atoms with Crippen LogP contribution < -0.4 is 10.1 Å². The van der Waals surface area contributed by atoms with Crippen molar-refractivity contribution in [2.75, 3.05) is 7.11 Å². The third-order valence-electron chi connectivity index (χ3n) is 3.78. The molecule has 3 heteroatoms. The van der Waals surface area contributed by atoms with Crippen molar-refractivity contribution in [2.45, 2.75) is 32.7 Å². The molecule has 1 atom stereocenters. The molecule has 0 saturated heterocycles. The van der Waals surface area contributed by atoms with Crippen LogP contribution in [-0.2, 0) is 11.2 Å². The van der Waals surface area contributed by atoms with Gasteiger partial charge < -0.3 is 10.1 Å². The van der Waals surface area contributed by atoms with E-state index in [2.05, 4.69) is 11.4 Å². The Morgan fingerprint density at radius 3 is 2.55 bits per heavy atom. The summed E-state index contributed by atoms with van der Waals surface area (Å²) in [5, 5.41) is 3.04. The Balaban J connectivity index is 1.86. The van der Waals surface area contributed by atoms with E-state index in [-0.39, 0.29) is 11.9 Å². The van der Waals surface area contributed by atoms with Crippen molar-refractivity contribution < 1.29 is 9.53 Å². The van der Waals surface area contributed by atoms with Gasteiger partial charge in [-0.05, 0) is 43.0 Å². The molecule has 22 heavy (non-hydrogen) atoms. The summed E-state index contributed by atoms with van der Waals surface area (Å²) >= 11 is 0. The summed E-state index contributed by atoms with van der Waals surface area (Å²) in [6, 6.07) is 16.1. The molecule has 0 aromatic heterocycles. The van der Waals surface area contributed by atoms with Crippen molar-refractivity contribution in [3.8, 4) is 5.75 Å². The maximum absolute atomic E-state index is 12.1. The van der Waals surface area contributed by atoms with E-state index in [9.17, 15) is 4.79 Å². The van der Waals surface area contributed by atoms with Gasteiger partial charge in [0, 0.05) is 6.42 Å². The lowest BCUT2D eigenvalue weighted by Crippen LogP contribution is -2.26. The number of amides is 1. The van der Waals surface area contributed by atoms with E-state index in [1.54, 1.807) is 7.11 Å². The summed E-state index contributed by atoms with van der Waals surface area (Å²) in [5.41, 5.74) is 3.37. The SMILES string of the molecule is COc1ccc(CCC(=O)N[C@@H](C)c2ccccc2)cc1C. The number of ether oxygens (including phenoxy) is 1. The average Bonchev–Trinajstić information content (AvgIpc) is 2.54. The van der Waals surface area contributed by atoms with E-state index >= 15 is 0 Å². The topological polar surface area (TPSA) is 38.3 Å². The van der Waals surface area contributed by atoms with Gasteiger partial charge in [-0.2, -0.15) is 0 Å². The van der Waals surface area contributed by atoms with E-state index in [0.29, 0.717) is 6.42 Å². The zero-order chi connectivity index (χ0) is 15.9. The van der Waals surface area contributed by atoms with Crippen LogP contribution in [0.4, 0.5) is 0 Å². The van der Waals surface area contributed by atoms with Crippen LogP contribution in [0, 0.1) is 6.92 Å². The zero-order valence-electron chi connectivity index (χ0n) is 13.4. The Labute approximate surface area is 132 Å². The van der Waals surface area contributed by atoms with Gasteiger partial charge in [-0.1, -0.05) is 42.5 Å². The highest BCUT2D eigenvalue weighted by atomic mass is 16.5. The van der Waals surface area contributed by atoms with Crippen LogP contribution in [0.3, 0.4) is 0 Å². The second-order valence-corrected chi connectivity index (χ2v) is 5.50. The molecule has 2 aromatic carbocycles. The van der Waals surface area contributed by atoms with Crippen molar-refractivity contribution in [1.29, 1.82) is 0 Å². The molecule has 0 radical (unpaired) electrons. The fourth-order valence-corrected chi connectivity index (χ4v) is 2.49. The van der Waals surface area contributed by atoms with Crippen molar-refractivity contribution in [3.63, 3.8) is 0 Å². The molecule has 0 heterocycles. The number of benzene rings is 2. The minimum absolute atomic E-state index is 0.0336. The quantitative estimate of drug-likeness (QED) is 0.880. The number of rotatable bonds is 6. The van der Waals surface area contributed by atoms with Crippen LogP contribution in [0.2, 0.25) is 0 Å². The van der Waals surface area contributed by atoms with E-state index in [4.69, 9.17) is 4.74 Å². The smallest absolute Gasteiger partial charge is 0.220 e. The predicted molar refractivity (Wildman–Crippen MR) is 89.1 cm³/mol. The van der Waals surface area contributed by atoms with Gasteiger partial charge >= 0.3 is 0 Å². The molecule has 0 saturated carbocycles. The number of methoxy groups -OCH3 is 1. The van der Waals surface area contributed by atoms with Gasteiger partial charge in [0.05, 0.1) is 13.2 Å². The summed E-state index contributed by atoms with van der Waals surface area (Å²) < 4.78 is 5.25. The van der Waals surface area contributed by atoms with Crippen molar-refractivity contribution >= 4 is 5.91 Å². The molecule has 0 aliphatic rings. The maximum atomic E-state index is 12.1.